The molecule has 0 N–H and O–H groups in total. The molecule has 0 unspecified atom stereocenters. The van der Waals surface area contributed by atoms with Gasteiger partial charge >= 0.3 is 6.03 Å². The lowest BCUT2D eigenvalue weighted by molar-refractivity contribution is 0.0172. The first kappa shape index (κ1) is 22.9. The van der Waals surface area contributed by atoms with Crippen LogP contribution in [-0.4, -0.2) is 53.5 Å². The Labute approximate surface area is 203 Å². The number of carbonyl (C=O) groups excluding carboxylic acids is 1. The maximum atomic E-state index is 13.9. The van der Waals surface area contributed by atoms with E-state index in [-0.39, 0.29) is 17.1 Å². The highest BCUT2D eigenvalue weighted by Crippen LogP contribution is 2.50. The number of hydrogen-bond donors (Lipinski definition) is 0. The first-order chi connectivity index (χ1) is 16.4. The van der Waals surface area contributed by atoms with Crippen molar-refractivity contribution in [3.63, 3.8) is 0 Å². The number of rotatable bonds is 5. The number of amides is 2. The van der Waals surface area contributed by atoms with Crippen LogP contribution in [0.25, 0.3) is 0 Å². The molecule has 6 heteroatoms. The summed E-state index contributed by atoms with van der Waals surface area (Å²) in [6, 6.07) is 14.9. The van der Waals surface area contributed by atoms with Crippen LogP contribution in [0.3, 0.4) is 0 Å². The van der Waals surface area contributed by atoms with E-state index in [1.807, 2.05) is 11.8 Å². The average Bonchev–Trinajstić information content (AvgIpc) is 3.08. The summed E-state index contributed by atoms with van der Waals surface area (Å²) in [5.41, 5.74) is 3.38. The highest BCUT2D eigenvalue weighted by atomic mass is 16.2. The summed E-state index contributed by atoms with van der Waals surface area (Å²) in [7, 11) is 4.38. The standard InChI is InChI=1S/C28H35N5O/c1-21-16-24(17-29)30-18-25(21)32-20-27(33(26(32)34)19-22-8-7-9-22)12-14-28(15-13-27,31(2)3)23-10-5-4-6-11-23/h4-6,10-11,16,18,22H,7-9,12-15,19-20H2,1-3H3. The van der Waals surface area contributed by atoms with Crippen molar-refractivity contribution >= 4 is 11.7 Å². The van der Waals surface area contributed by atoms with Gasteiger partial charge in [-0.15, -0.1) is 0 Å². The molecule has 2 amide bonds. The van der Waals surface area contributed by atoms with Crippen molar-refractivity contribution in [2.45, 2.75) is 62.9 Å². The van der Waals surface area contributed by atoms with Crippen molar-refractivity contribution in [3.8, 4) is 6.07 Å². The van der Waals surface area contributed by atoms with Crippen LogP contribution in [0.2, 0.25) is 0 Å². The van der Waals surface area contributed by atoms with E-state index in [4.69, 9.17) is 0 Å². The zero-order chi connectivity index (χ0) is 23.9. The molecule has 0 radical (unpaired) electrons. The average molecular weight is 458 g/mol. The third-order valence-corrected chi connectivity index (χ3v) is 8.82. The van der Waals surface area contributed by atoms with Crippen LogP contribution in [0.1, 0.15) is 61.8 Å². The second kappa shape index (κ2) is 8.70. The molecular formula is C28H35N5O. The molecule has 2 aromatic rings. The molecule has 0 atom stereocenters. The van der Waals surface area contributed by atoms with Crippen LogP contribution < -0.4 is 4.90 Å². The Morgan fingerprint density at radius 3 is 2.41 bits per heavy atom. The highest BCUT2D eigenvalue weighted by molar-refractivity contribution is 5.96. The molecule has 2 aliphatic carbocycles. The van der Waals surface area contributed by atoms with E-state index >= 15 is 0 Å². The number of urea groups is 1. The van der Waals surface area contributed by atoms with Crippen molar-refractivity contribution < 1.29 is 4.79 Å². The summed E-state index contributed by atoms with van der Waals surface area (Å²) in [5.74, 6) is 0.621. The van der Waals surface area contributed by atoms with Crippen molar-refractivity contribution in [3.05, 3.63) is 59.4 Å². The molecule has 178 valence electrons. The van der Waals surface area contributed by atoms with Gasteiger partial charge in [-0.3, -0.25) is 9.80 Å². The minimum Gasteiger partial charge on any atom is -0.317 e. The highest BCUT2D eigenvalue weighted by Gasteiger charge is 2.55. The summed E-state index contributed by atoms with van der Waals surface area (Å²) in [5, 5.41) is 9.23. The molecule has 3 fully saturated rings. The lowest BCUT2D eigenvalue weighted by Crippen LogP contribution is -2.56. The number of nitrogens with zero attached hydrogens (tertiary/aromatic N) is 5. The molecule has 1 aromatic heterocycles. The molecule has 6 nitrogen and oxygen atoms in total. The van der Waals surface area contributed by atoms with Crippen molar-refractivity contribution in [2.75, 3.05) is 32.1 Å². The normalized spacial score (nSPS) is 27.3. The van der Waals surface area contributed by atoms with Crippen LogP contribution >= 0.6 is 0 Å². The SMILES string of the molecule is Cc1cc(C#N)ncc1N1CC2(CCC(c3ccccc3)(N(C)C)CC2)N(CC2CCC2)C1=O. The van der Waals surface area contributed by atoms with E-state index in [0.717, 1.165) is 43.5 Å². The Hall–Kier alpha value is -2.91. The fraction of sp³-hybridized carbons (Fsp3) is 0.536. The third kappa shape index (κ3) is 3.67. The van der Waals surface area contributed by atoms with Gasteiger partial charge in [0, 0.05) is 12.1 Å². The lowest BCUT2D eigenvalue weighted by Gasteiger charge is -2.51. The van der Waals surface area contributed by atoms with Crippen LogP contribution in [0.15, 0.2) is 42.6 Å². The number of pyridine rings is 1. The van der Waals surface area contributed by atoms with Gasteiger partial charge in [-0.2, -0.15) is 5.26 Å². The summed E-state index contributed by atoms with van der Waals surface area (Å²) in [6.45, 7) is 3.53. The maximum absolute atomic E-state index is 13.9. The Morgan fingerprint density at radius 2 is 1.85 bits per heavy atom. The summed E-state index contributed by atoms with van der Waals surface area (Å²) in [4.78, 5) is 24.7. The van der Waals surface area contributed by atoms with Gasteiger partial charge < -0.3 is 4.90 Å². The number of carbonyl (C=O) groups is 1. The first-order valence-corrected chi connectivity index (χ1v) is 12.6. The van der Waals surface area contributed by atoms with Crippen molar-refractivity contribution in [1.82, 2.24) is 14.8 Å². The number of anilines is 1. The van der Waals surface area contributed by atoms with Crippen LogP contribution in [-0.2, 0) is 5.54 Å². The molecule has 2 saturated carbocycles. The van der Waals surface area contributed by atoms with E-state index in [2.05, 4.69) is 65.3 Å². The molecule has 2 heterocycles. The third-order valence-electron chi connectivity index (χ3n) is 8.82. The zero-order valence-electron chi connectivity index (χ0n) is 20.6. The minimum atomic E-state index is -0.151. The smallest absolute Gasteiger partial charge is 0.317 e. The second-order valence-corrected chi connectivity index (χ2v) is 10.8. The van der Waals surface area contributed by atoms with Gasteiger partial charge in [0.25, 0.3) is 0 Å². The topological polar surface area (TPSA) is 63.5 Å². The Bertz CT molecular complexity index is 1090. The van der Waals surface area contributed by atoms with Gasteiger partial charge in [0.1, 0.15) is 11.8 Å². The molecule has 1 aromatic carbocycles. The van der Waals surface area contributed by atoms with Gasteiger partial charge in [-0.05, 0) is 82.7 Å². The molecular weight excluding hydrogens is 422 g/mol. The second-order valence-electron chi connectivity index (χ2n) is 10.8. The number of benzene rings is 1. The van der Waals surface area contributed by atoms with Crippen LogP contribution in [0, 0.1) is 24.2 Å². The fourth-order valence-electron chi connectivity index (χ4n) is 6.38. The summed E-state index contributed by atoms with van der Waals surface area (Å²) in [6.07, 6.45) is 9.46. The summed E-state index contributed by atoms with van der Waals surface area (Å²) >= 11 is 0. The lowest BCUT2D eigenvalue weighted by atomic mass is 9.68. The van der Waals surface area contributed by atoms with E-state index < -0.39 is 0 Å². The predicted molar refractivity (Wildman–Crippen MR) is 133 cm³/mol. The molecule has 1 saturated heterocycles. The monoisotopic (exact) mass is 457 g/mol. The molecule has 0 bridgehead atoms. The summed E-state index contributed by atoms with van der Waals surface area (Å²) < 4.78 is 0. The molecule has 1 aliphatic heterocycles. The Kier molecular flexibility index (Phi) is 5.85. The molecule has 34 heavy (non-hydrogen) atoms. The van der Waals surface area contributed by atoms with E-state index in [1.165, 1.54) is 24.8 Å². The van der Waals surface area contributed by atoms with Crippen LogP contribution in [0.5, 0.6) is 0 Å². The first-order valence-electron chi connectivity index (χ1n) is 12.6. The number of nitriles is 1. The predicted octanol–water partition coefficient (Wildman–Crippen LogP) is 5.07. The zero-order valence-corrected chi connectivity index (χ0v) is 20.6. The van der Waals surface area contributed by atoms with Crippen molar-refractivity contribution in [1.29, 1.82) is 5.26 Å². The Morgan fingerprint density at radius 1 is 1.15 bits per heavy atom. The van der Waals surface area contributed by atoms with Crippen LogP contribution in [0.4, 0.5) is 10.5 Å². The van der Waals surface area contributed by atoms with E-state index in [1.54, 1.807) is 12.3 Å². The van der Waals surface area contributed by atoms with Gasteiger partial charge in [-0.1, -0.05) is 36.8 Å². The van der Waals surface area contributed by atoms with Gasteiger partial charge in [0.15, 0.2) is 0 Å². The Balaban J connectivity index is 1.47. The van der Waals surface area contributed by atoms with E-state index in [9.17, 15) is 10.1 Å². The van der Waals surface area contributed by atoms with E-state index in [0.29, 0.717) is 18.2 Å². The fourth-order valence-corrected chi connectivity index (χ4v) is 6.38. The minimum absolute atomic E-state index is 0.00294. The molecule has 1 spiro atoms. The molecule has 3 aliphatic rings. The van der Waals surface area contributed by atoms with Crippen molar-refractivity contribution in [2.24, 2.45) is 5.92 Å². The number of aromatic nitrogens is 1. The maximum Gasteiger partial charge on any atom is 0.325 e. The number of aryl methyl sites for hydroxylation is 1. The largest absolute Gasteiger partial charge is 0.325 e. The molecule has 5 rings (SSSR count). The van der Waals surface area contributed by atoms with Gasteiger partial charge in [0.2, 0.25) is 0 Å². The van der Waals surface area contributed by atoms with Gasteiger partial charge in [0.05, 0.1) is 24.0 Å². The van der Waals surface area contributed by atoms with Gasteiger partial charge in [-0.25, -0.2) is 9.78 Å². The number of hydrogen-bond acceptors (Lipinski definition) is 4. The quantitative estimate of drug-likeness (QED) is 0.629.